The molecule has 30 heavy (non-hydrogen) atoms. The normalized spacial score (nSPS) is 21.7. The molecule has 0 unspecified atom stereocenters. The van der Waals surface area contributed by atoms with E-state index in [9.17, 15) is 4.79 Å². The summed E-state index contributed by atoms with van der Waals surface area (Å²) in [5.41, 5.74) is 3.34. The molecule has 0 atom stereocenters. The van der Waals surface area contributed by atoms with Crippen LogP contribution in [-0.2, 0) is 16.8 Å². The lowest BCUT2D eigenvalue weighted by atomic mass is 9.83. The lowest BCUT2D eigenvalue weighted by Gasteiger charge is -2.43. The number of aromatic nitrogens is 4. The van der Waals surface area contributed by atoms with Gasteiger partial charge in [-0.3, -0.25) is 9.89 Å². The Balaban J connectivity index is 1.27. The number of rotatable bonds is 2. The molecule has 9 heteroatoms. The van der Waals surface area contributed by atoms with Gasteiger partial charge >= 0.3 is 0 Å². The van der Waals surface area contributed by atoms with Crippen LogP contribution in [0.5, 0.6) is 0 Å². The van der Waals surface area contributed by atoms with E-state index < -0.39 is 0 Å². The first-order valence-electron chi connectivity index (χ1n) is 10.8. The number of amides is 1. The number of likely N-dealkylation sites (tertiary alicyclic amines) is 1. The van der Waals surface area contributed by atoms with Gasteiger partial charge < -0.3 is 19.4 Å². The van der Waals surface area contributed by atoms with E-state index in [0.29, 0.717) is 25.3 Å². The first-order valence-corrected chi connectivity index (χ1v) is 10.8. The molecule has 160 valence electrons. The summed E-state index contributed by atoms with van der Waals surface area (Å²) in [7, 11) is 2.12. The fourth-order valence-electron chi connectivity index (χ4n) is 4.78. The summed E-state index contributed by atoms with van der Waals surface area (Å²) in [6.07, 6.45) is 6.04. The summed E-state index contributed by atoms with van der Waals surface area (Å²) < 4.78 is 6.20. The van der Waals surface area contributed by atoms with Crippen LogP contribution in [0.4, 0.5) is 5.95 Å². The number of H-pyrrole nitrogens is 1. The maximum Gasteiger partial charge on any atom is 0.257 e. The minimum absolute atomic E-state index is 0.00733. The van der Waals surface area contributed by atoms with Crippen molar-refractivity contribution in [3.05, 3.63) is 34.9 Å². The maximum atomic E-state index is 13.2. The number of nitrogens with zero attached hydrogens (tertiary/aromatic N) is 6. The van der Waals surface area contributed by atoms with Gasteiger partial charge in [0, 0.05) is 45.5 Å². The maximum absolute atomic E-state index is 13.2. The number of carbonyl (C=O) groups is 1. The Morgan fingerprint density at radius 2 is 1.90 bits per heavy atom. The molecular weight excluding hydrogens is 382 g/mol. The van der Waals surface area contributed by atoms with E-state index in [-0.39, 0.29) is 11.5 Å². The van der Waals surface area contributed by atoms with Gasteiger partial charge in [0.2, 0.25) is 5.95 Å². The van der Waals surface area contributed by atoms with Crippen LogP contribution in [0.2, 0.25) is 0 Å². The standard InChI is InChI=1S/C21H29N7O2/c1-15-17(14-22-20(24-15)28-10-8-26(2)9-11-28)19(29)27-6-4-21(5-7-27)18-16(3-12-30-21)13-23-25-18/h13-14H,3-12H2,1-2H3,(H,23,25). The number of ether oxygens (including phenoxy) is 1. The highest BCUT2D eigenvalue weighted by atomic mass is 16.5. The molecule has 5 heterocycles. The lowest BCUT2D eigenvalue weighted by Crippen LogP contribution is -2.48. The number of hydrogen-bond donors (Lipinski definition) is 1. The molecule has 0 radical (unpaired) electrons. The summed E-state index contributed by atoms with van der Waals surface area (Å²) >= 11 is 0. The van der Waals surface area contributed by atoms with Crippen LogP contribution in [0.15, 0.2) is 12.4 Å². The molecule has 2 saturated heterocycles. The smallest absolute Gasteiger partial charge is 0.257 e. The number of piperazine rings is 1. The molecule has 9 nitrogen and oxygen atoms in total. The van der Waals surface area contributed by atoms with E-state index in [0.717, 1.165) is 62.8 Å². The van der Waals surface area contributed by atoms with Crippen molar-refractivity contribution < 1.29 is 9.53 Å². The number of aromatic amines is 1. The molecule has 2 fully saturated rings. The zero-order valence-corrected chi connectivity index (χ0v) is 17.7. The van der Waals surface area contributed by atoms with Crippen molar-refractivity contribution in [1.82, 2.24) is 30.0 Å². The molecule has 1 amide bonds. The van der Waals surface area contributed by atoms with Gasteiger partial charge in [0.05, 0.1) is 29.8 Å². The minimum Gasteiger partial charge on any atom is -0.368 e. The van der Waals surface area contributed by atoms with Gasteiger partial charge in [0.1, 0.15) is 5.60 Å². The third-order valence-electron chi connectivity index (χ3n) is 6.76. The molecular formula is C21H29N7O2. The third kappa shape index (κ3) is 3.35. The highest BCUT2D eigenvalue weighted by molar-refractivity contribution is 5.95. The minimum atomic E-state index is -0.336. The molecule has 3 aliphatic heterocycles. The molecule has 0 aliphatic carbocycles. The number of hydrogen-bond acceptors (Lipinski definition) is 7. The van der Waals surface area contributed by atoms with Gasteiger partial charge in [-0.15, -0.1) is 0 Å². The van der Waals surface area contributed by atoms with Gasteiger partial charge in [-0.25, -0.2) is 9.97 Å². The van der Waals surface area contributed by atoms with Crippen LogP contribution in [0.1, 0.15) is 40.2 Å². The zero-order valence-electron chi connectivity index (χ0n) is 17.7. The Bertz CT molecular complexity index is 927. The number of fused-ring (bicyclic) bond motifs is 2. The number of nitrogens with one attached hydrogen (secondary N) is 1. The fourth-order valence-corrected chi connectivity index (χ4v) is 4.78. The number of anilines is 1. The predicted octanol–water partition coefficient (Wildman–Crippen LogP) is 0.964. The summed E-state index contributed by atoms with van der Waals surface area (Å²) in [6, 6.07) is 0. The average Bonchev–Trinajstić information content (AvgIpc) is 3.25. The Morgan fingerprint density at radius 3 is 2.63 bits per heavy atom. The molecule has 2 aromatic rings. The molecule has 1 N–H and O–H groups in total. The van der Waals surface area contributed by atoms with E-state index in [4.69, 9.17) is 4.74 Å². The Hall–Kier alpha value is -2.52. The summed E-state index contributed by atoms with van der Waals surface area (Å²) in [4.78, 5) is 28.7. The van der Waals surface area contributed by atoms with Crippen molar-refractivity contribution in [2.75, 3.05) is 57.8 Å². The summed E-state index contributed by atoms with van der Waals surface area (Å²) in [5.74, 6) is 0.727. The van der Waals surface area contributed by atoms with Gasteiger partial charge in [0.15, 0.2) is 0 Å². The van der Waals surface area contributed by atoms with Crippen LogP contribution in [-0.4, -0.2) is 88.8 Å². The second-order valence-electron chi connectivity index (χ2n) is 8.61. The van der Waals surface area contributed by atoms with Crippen molar-refractivity contribution in [1.29, 1.82) is 0 Å². The molecule has 0 aromatic carbocycles. The Morgan fingerprint density at radius 1 is 1.13 bits per heavy atom. The van der Waals surface area contributed by atoms with E-state index in [2.05, 4.69) is 37.0 Å². The SMILES string of the molecule is Cc1nc(N2CCN(C)CC2)ncc1C(=O)N1CCC2(CC1)OCCc1cn[nH]c12. The zero-order chi connectivity index (χ0) is 20.7. The highest BCUT2D eigenvalue weighted by Gasteiger charge is 2.43. The van der Waals surface area contributed by atoms with Gasteiger partial charge in [-0.1, -0.05) is 0 Å². The van der Waals surface area contributed by atoms with E-state index in [1.807, 2.05) is 18.0 Å². The lowest BCUT2D eigenvalue weighted by molar-refractivity contribution is -0.0962. The second-order valence-corrected chi connectivity index (χ2v) is 8.61. The first-order chi connectivity index (χ1) is 14.6. The molecule has 0 saturated carbocycles. The number of carbonyl (C=O) groups excluding carboxylic acids is 1. The molecule has 1 spiro atoms. The molecule has 0 bridgehead atoms. The first kappa shape index (κ1) is 19.4. The third-order valence-corrected chi connectivity index (χ3v) is 6.76. The topological polar surface area (TPSA) is 90.5 Å². The van der Waals surface area contributed by atoms with Crippen LogP contribution in [0.25, 0.3) is 0 Å². The highest BCUT2D eigenvalue weighted by Crippen LogP contribution is 2.40. The number of piperidine rings is 1. The van der Waals surface area contributed by atoms with E-state index >= 15 is 0 Å². The quantitative estimate of drug-likeness (QED) is 0.787. The fraction of sp³-hybridized carbons (Fsp3) is 0.619. The predicted molar refractivity (Wildman–Crippen MR) is 112 cm³/mol. The summed E-state index contributed by atoms with van der Waals surface area (Å²) in [6.45, 7) is 7.73. The second kappa shape index (κ2) is 7.63. The van der Waals surface area contributed by atoms with Gasteiger partial charge in [-0.2, -0.15) is 5.10 Å². The number of aryl methyl sites for hydroxylation is 1. The van der Waals surface area contributed by atoms with Crippen LogP contribution in [0.3, 0.4) is 0 Å². The van der Waals surface area contributed by atoms with Gasteiger partial charge in [-0.05, 0) is 38.8 Å². The van der Waals surface area contributed by atoms with Crippen molar-refractivity contribution in [2.24, 2.45) is 0 Å². The monoisotopic (exact) mass is 411 g/mol. The van der Waals surface area contributed by atoms with E-state index in [1.165, 1.54) is 5.56 Å². The molecule has 3 aliphatic rings. The molecule has 5 rings (SSSR count). The average molecular weight is 412 g/mol. The van der Waals surface area contributed by atoms with Crippen LogP contribution in [0, 0.1) is 6.92 Å². The van der Waals surface area contributed by atoms with Crippen LogP contribution < -0.4 is 4.90 Å². The number of likely N-dealkylation sites (N-methyl/N-ethyl adjacent to an activating group) is 1. The van der Waals surface area contributed by atoms with E-state index in [1.54, 1.807) is 6.20 Å². The van der Waals surface area contributed by atoms with Crippen LogP contribution >= 0.6 is 0 Å². The van der Waals surface area contributed by atoms with Crippen molar-refractivity contribution in [3.8, 4) is 0 Å². The van der Waals surface area contributed by atoms with Gasteiger partial charge in [0.25, 0.3) is 5.91 Å². The van der Waals surface area contributed by atoms with Crippen molar-refractivity contribution >= 4 is 11.9 Å². The van der Waals surface area contributed by atoms with Crippen molar-refractivity contribution in [2.45, 2.75) is 31.8 Å². The Labute approximate surface area is 176 Å². The summed E-state index contributed by atoms with van der Waals surface area (Å²) in [5, 5.41) is 7.35. The van der Waals surface area contributed by atoms with Crippen molar-refractivity contribution in [3.63, 3.8) is 0 Å². The Kier molecular flexibility index (Phi) is 4.94. The molecule has 2 aromatic heterocycles. The largest absolute Gasteiger partial charge is 0.368 e.